The summed E-state index contributed by atoms with van der Waals surface area (Å²) < 4.78 is 0. The van der Waals surface area contributed by atoms with Crippen LogP contribution in [0.1, 0.15) is 52.1 Å². The van der Waals surface area contributed by atoms with Gasteiger partial charge in [-0.15, -0.1) is 0 Å². The quantitative estimate of drug-likeness (QED) is 0.714. The molecule has 0 heterocycles. The Hall–Kier alpha value is -0.570. The van der Waals surface area contributed by atoms with Crippen LogP contribution in [0.3, 0.4) is 0 Å². The summed E-state index contributed by atoms with van der Waals surface area (Å²) in [6.07, 6.45) is 2.39. The number of nitrogens with two attached hydrogens (primary N) is 1. The van der Waals surface area contributed by atoms with Crippen LogP contribution in [0.5, 0.6) is 0 Å². The van der Waals surface area contributed by atoms with E-state index in [1.54, 1.807) is 0 Å². The summed E-state index contributed by atoms with van der Waals surface area (Å²) in [4.78, 5) is 2.52. The molecule has 0 saturated carbocycles. The van der Waals surface area contributed by atoms with E-state index >= 15 is 0 Å². The van der Waals surface area contributed by atoms with Gasteiger partial charge in [0.2, 0.25) is 0 Å². The zero-order chi connectivity index (χ0) is 15.8. The van der Waals surface area contributed by atoms with Crippen LogP contribution in [0.4, 0.5) is 0 Å². The molecule has 0 amide bonds. The monoisotopic (exact) mass is 310 g/mol. The van der Waals surface area contributed by atoms with Crippen molar-refractivity contribution in [1.82, 2.24) is 4.90 Å². The van der Waals surface area contributed by atoms with Gasteiger partial charge in [0.25, 0.3) is 0 Å². The Labute approximate surface area is 135 Å². The van der Waals surface area contributed by atoms with Crippen molar-refractivity contribution >= 4 is 11.6 Å². The van der Waals surface area contributed by atoms with E-state index in [0.717, 1.165) is 23.7 Å². The molecule has 1 atom stereocenters. The van der Waals surface area contributed by atoms with Gasteiger partial charge in [0, 0.05) is 17.6 Å². The average Bonchev–Trinajstić information content (AvgIpc) is 2.43. The van der Waals surface area contributed by atoms with Gasteiger partial charge >= 0.3 is 0 Å². The van der Waals surface area contributed by atoms with E-state index < -0.39 is 0 Å². The second-order valence-corrected chi connectivity index (χ2v) is 7.08. The predicted octanol–water partition coefficient (Wildman–Crippen LogP) is 4.73. The number of hydrogen-bond acceptors (Lipinski definition) is 2. The number of nitrogens with zero attached hydrogens (tertiary/aromatic N) is 1. The molecule has 1 unspecified atom stereocenters. The van der Waals surface area contributed by atoms with E-state index in [0.29, 0.717) is 18.4 Å². The second-order valence-electron chi connectivity index (χ2n) is 6.67. The minimum atomic E-state index is 0.219. The molecule has 1 aromatic carbocycles. The molecule has 0 aliphatic heterocycles. The molecule has 3 heteroatoms. The first-order chi connectivity index (χ1) is 9.95. The van der Waals surface area contributed by atoms with Crippen LogP contribution in [0.15, 0.2) is 24.3 Å². The molecule has 0 saturated heterocycles. The van der Waals surface area contributed by atoms with E-state index in [4.69, 9.17) is 17.3 Å². The Kier molecular flexibility index (Phi) is 8.31. The summed E-state index contributed by atoms with van der Waals surface area (Å²) in [6.45, 7) is 11.9. The highest BCUT2D eigenvalue weighted by molar-refractivity contribution is 6.31. The molecule has 1 rings (SSSR count). The first kappa shape index (κ1) is 18.5. The first-order valence-electron chi connectivity index (χ1n) is 8.14. The van der Waals surface area contributed by atoms with Gasteiger partial charge in [-0.05, 0) is 49.4 Å². The van der Waals surface area contributed by atoms with Crippen molar-refractivity contribution in [2.45, 2.75) is 46.6 Å². The van der Waals surface area contributed by atoms with Crippen molar-refractivity contribution in [1.29, 1.82) is 0 Å². The van der Waals surface area contributed by atoms with Gasteiger partial charge in [-0.25, -0.2) is 0 Å². The van der Waals surface area contributed by atoms with Crippen LogP contribution in [0.2, 0.25) is 5.02 Å². The summed E-state index contributed by atoms with van der Waals surface area (Å²) in [5.74, 6) is 1.41. The van der Waals surface area contributed by atoms with Crippen molar-refractivity contribution in [3.8, 4) is 0 Å². The third-order valence-electron chi connectivity index (χ3n) is 3.92. The fraction of sp³-hybridized carbons (Fsp3) is 0.667. The molecule has 0 radical (unpaired) electrons. The smallest absolute Gasteiger partial charge is 0.0485 e. The van der Waals surface area contributed by atoms with Gasteiger partial charge in [-0.1, -0.05) is 57.5 Å². The SMILES string of the molecule is CC(C)CCN(CCC(C)C)C(CN)c1ccccc1Cl. The van der Waals surface area contributed by atoms with Gasteiger partial charge < -0.3 is 5.73 Å². The highest BCUT2D eigenvalue weighted by Gasteiger charge is 2.21. The minimum absolute atomic E-state index is 0.219. The summed E-state index contributed by atoms with van der Waals surface area (Å²) in [6, 6.07) is 8.32. The molecule has 0 bridgehead atoms. The predicted molar refractivity (Wildman–Crippen MR) is 93.7 cm³/mol. The molecule has 2 nitrogen and oxygen atoms in total. The van der Waals surface area contributed by atoms with Crippen molar-refractivity contribution in [3.63, 3.8) is 0 Å². The van der Waals surface area contributed by atoms with Crippen LogP contribution >= 0.6 is 11.6 Å². The Morgan fingerprint density at radius 1 is 1.00 bits per heavy atom. The summed E-state index contributed by atoms with van der Waals surface area (Å²) in [5, 5.41) is 0.826. The van der Waals surface area contributed by atoms with Crippen LogP contribution in [-0.4, -0.2) is 24.5 Å². The molecular formula is C18H31ClN2. The Bertz CT molecular complexity index is 392. The lowest BCUT2D eigenvalue weighted by molar-refractivity contribution is 0.181. The molecule has 1 aromatic rings. The molecule has 120 valence electrons. The standard InChI is InChI=1S/C18H31ClN2/c1-14(2)9-11-21(12-10-15(3)4)18(13-20)16-7-5-6-8-17(16)19/h5-8,14-15,18H,9-13,20H2,1-4H3. The number of hydrogen-bond donors (Lipinski definition) is 1. The van der Waals surface area contributed by atoms with Gasteiger partial charge in [0.05, 0.1) is 0 Å². The molecule has 0 fully saturated rings. The topological polar surface area (TPSA) is 29.3 Å². The van der Waals surface area contributed by atoms with Crippen molar-refractivity contribution in [2.75, 3.05) is 19.6 Å². The van der Waals surface area contributed by atoms with Crippen LogP contribution in [0.25, 0.3) is 0 Å². The molecular weight excluding hydrogens is 280 g/mol. The Morgan fingerprint density at radius 3 is 1.95 bits per heavy atom. The highest BCUT2D eigenvalue weighted by Crippen LogP contribution is 2.28. The van der Waals surface area contributed by atoms with Gasteiger partial charge in [-0.3, -0.25) is 4.90 Å². The highest BCUT2D eigenvalue weighted by atomic mass is 35.5. The summed E-state index contributed by atoms with van der Waals surface area (Å²) in [5.41, 5.74) is 7.25. The van der Waals surface area contributed by atoms with E-state index in [1.807, 2.05) is 18.2 Å². The zero-order valence-electron chi connectivity index (χ0n) is 14.0. The van der Waals surface area contributed by atoms with E-state index in [9.17, 15) is 0 Å². The molecule has 0 aliphatic carbocycles. The van der Waals surface area contributed by atoms with Crippen LogP contribution < -0.4 is 5.73 Å². The maximum atomic E-state index is 6.39. The molecule has 2 N–H and O–H groups in total. The lowest BCUT2D eigenvalue weighted by Crippen LogP contribution is -2.36. The third-order valence-corrected chi connectivity index (χ3v) is 4.26. The van der Waals surface area contributed by atoms with Crippen LogP contribution in [0, 0.1) is 11.8 Å². The molecule has 0 aliphatic rings. The van der Waals surface area contributed by atoms with Gasteiger partial charge in [0.1, 0.15) is 0 Å². The van der Waals surface area contributed by atoms with Gasteiger partial charge in [-0.2, -0.15) is 0 Å². The third kappa shape index (κ3) is 6.37. The molecule has 0 spiro atoms. The minimum Gasteiger partial charge on any atom is -0.329 e. The number of rotatable bonds is 9. The maximum absolute atomic E-state index is 6.39. The lowest BCUT2D eigenvalue weighted by Gasteiger charge is -2.33. The van der Waals surface area contributed by atoms with E-state index in [1.165, 1.54) is 12.8 Å². The summed E-state index contributed by atoms with van der Waals surface area (Å²) in [7, 11) is 0. The van der Waals surface area contributed by atoms with Gasteiger partial charge in [0.15, 0.2) is 0 Å². The maximum Gasteiger partial charge on any atom is 0.0485 e. The molecule has 21 heavy (non-hydrogen) atoms. The fourth-order valence-corrected chi connectivity index (χ4v) is 2.75. The first-order valence-corrected chi connectivity index (χ1v) is 8.52. The van der Waals surface area contributed by atoms with Crippen molar-refractivity contribution in [3.05, 3.63) is 34.9 Å². The lowest BCUT2D eigenvalue weighted by atomic mass is 10.0. The van der Waals surface area contributed by atoms with Crippen molar-refractivity contribution < 1.29 is 0 Å². The Morgan fingerprint density at radius 2 is 1.52 bits per heavy atom. The normalized spacial score (nSPS) is 13.4. The number of halogens is 1. The fourth-order valence-electron chi connectivity index (χ4n) is 2.49. The summed E-state index contributed by atoms with van der Waals surface area (Å²) >= 11 is 6.39. The Balaban J connectivity index is 2.88. The number of benzene rings is 1. The largest absolute Gasteiger partial charge is 0.329 e. The van der Waals surface area contributed by atoms with E-state index in [2.05, 4.69) is 38.7 Å². The second kappa shape index (κ2) is 9.45. The van der Waals surface area contributed by atoms with Crippen molar-refractivity contribution in [2.24, 2.45) is 17.6 Å². The van der Waals surface area contributed by atoms with Crippen LogP contribution in [-0.2, 0) is 0 Å². The average molecular weight is 311 g/mol. The molecule has 0 aromatic heterocycles. The van der Waals surface area contributed by atoms with E-state index in [-0.39, 0.29) is 6.04 Å². The zero-order valence-corrected chi connectivity index (χ0v) is 14.7.